The summed E-state index contributed by atoms with van der Waals surface area (Å²) in [6.07, 6.45) is 3.46. The van der Waals surface area contributed by atoms with Gasteiger partial charge in [0.05, 0.1) is 6.61 Å². The maximum atomic E-state index is 14.7. The van der Waals surface area contributed by atoms with E-state index < -0.39 is 5.95 Å². The predicted molar refractivity (Wildman–Crippen MR) is 129 cm³/mol. The van der Waals surface area contributed by atoms with Gasteiger partial charge < -0.3 is 20.8 Å². The van der Waals surface area contributed by atoms with Crippen LogP contribution in [0.4, 0.5) is 10.2 Å². The van der Waals surface area contributed by atoms with Crippen molar-refractivity contribution in [1.82, 2.24) is 20.3 Å². The molecular weight excluding hydrogens is 421 g/mol. The molecule has 0 unspecified atom stereocenters. The molecule has 7 nitrogen and oxygen atoms in total. The van der Waals surface area contributed by atoms with Crippen LogP contribution >= 0.6 is 0 Å². The quantitative estimate of drug-likeness (QED) is 0.431. The second-order valence-corrected chi connectivity index (χ2v) is 7.93. The summed E-state index contributed by atoms with van der Waals surface area (Å²) >= 11 is 0. The van der Waals surface area contributed by atoms with Crippen LogP contribution < -0.4 is 21.3 Å². The van der Waals surface area contributed by atoms with Gasteiger partial charge in [-0.15, -0.1) is 0 Å². The molecule has 170 valence electrons. The van der Waals surface area contributed by atoms with Gasteiger partial charge in [-0.05, 0) is 80.7 Å². The Kier molecular flexibility index (Phi) is 6.37. The first-order valence-corrected chi connectivity index (χ1v) is 10.7. The summed E-state index contributed by atoms with van der Waals surface area (Å²) in [6, 6.07) is 10.8. The number of nitrogens with zero attached hydrogens (tertiary/aromatic N) is 2. The Morgan fingerprint density at radius 3 is 2.58 bits per heavy atom. The Morgan fingerprint density at radius 1 is 1.06 bits per heavy atom. The van der Waals surface area contributed by atoms with E-state index in [4.69, 9.17) is 10.5 Å². The lowest BCUT2D eigenvalue weighted by atomic mass is 10.0. The van der Waals surface area contributed by atoms with Crippen molar-refractivity contribution < 1.29 is 9.13 Å². The summed E-state index contributed by atoms with van der Waals surface area (Å²) in [4.78, 5) is 23.2. The fourth-order valence-corrected chi connectivity index (χ4v) is 3.88. The second-order valence-electron chi connectivity index (χ2n) is 7.93. The number of anilines is 1. The Balaban J connectivity index is 0.000000821. The highest BCUT2D eigenvalue weighted by molar-refractivity contribution is 5.90. The fraction of sp³-hybridized carbons (Fsp3) is 0.240. The predicted octanol–water partition coefficient (Wildman–Crippen LogP) is 3.84. The van der Waals surface area contributed by atoms with Crippen molar-refractivity contribution in [3.8, 4) is 28.3 Å². The number of halogens is 1. The van der Waals surface area contributed by atoms with Crippen molar-refractivity contribution in [1.29, 1.82) is 0 Å². The molecule has 33 heavy (non-hydrogen) atoms. The van der Waals surface area contributed by atoms with Crippen LogP contribution in [0.3, 0.4) is 0 Å². The molecule has 0 saturated carbocycles. The van der Waals surface area contributed by atoms with Gasteiger partial charge in [-0.25, -0.2) is 4.98 Å². The van der Waals surface area contributed by atoms with Crippen molar-refractivity contribution in [2.75, 3.05) is 26.4 Å². The molecule has 4 N–H and O–H groups in total. The lowest BCUT2D eigenvalue weighted by Gasteiger charge is -2.18. The normalized spacial score (nSPS) is 12.5. The van der Waals surface area contributed by atoms with Gasteiger partial charge in [-0.1, -0.05) is 6.07 Å². The lowest BCUT2D eigenvalue weighted by molar-refractivity contribution is 0.288. The maximum Gasteiger partial charge on any atom is 0.255 e. The van der Waals surface area contributed by atoms with Gasteiger partial charge in [0, 0.05) is 22.7 Å². The Labute approximate surface area is 190 Å². The number of nitrogens with one attached hydrogen (secondary N) is 2. The molecule has 0 radical (unpaired) electrons. The molecule has 1 aliphatic rings. The Hall–Kier alpha value is -3.78. The molecule has 0 amide bonds. The van der Waals surface area contributed by atoms with Gasteiger partial charge in [-0.3, -0.25) is 4.79 Å². The number of H-pyrrole nitrogens is 1. The maximum absolute atomic E-state index is 14.7. The van der Waals surface area contributed by atoms with E-state index in [2.05, 4.69) is 20.3 Å². The molecule has 2 aromatic carbocycles. The van der Waals surface area contributed by atoms with Crippen LogP contribution in [-0.2, 0) is 6.42 Å². The van der Waals surface area contributed by atoms with E-state index in [0.717, 1.165) is 35.1 Å². The number of hydrogen-bond donors (Lipinski definition) is 3. The summed E-state index contributed by atoms with van der Waals surface area (Å²) in [5.41, 5.74) is 9.60. The molecule has 0 spiro atoms. The first-order valence-electron chi connectivity index (χ1n) is 10.7. The molecule has 8 heteroatoms. The molecular formula is C25H26FN5O2. The SMILES string of the molecule is CNC.Cc1c[nH]c(=O)c2ccc(-c3nc(-c4ccc5c(c4)CCCO5)c(F)nc3N)cc12. The molecule has 4 aromatic rings. The number of aryl methyl sites for hydroxylation is 2. The van der Waals surface area contributed by atoms with Crippen LogP contribution in [0.25, 0.3) is 33.3 Å². The topological polar surface area (TPSA) is 106 Å². The van der Waals surface area contributed by atoms with Crippen molar-refractivity contribution in [2.24, 2.45) is 0 Å². The minimum Gasteiger partial charge on any atom is -0.493 e. The first-order chi connectivity index (χ1) is 15.9. The molecule has 5 rings (SSSR count). The van der Waals surface area contributed by atoms with Crippen molar-refractivity contribution in [3.05, 3.63) is 70.0 Å². The zero-order valence-corrected chi connectivity index (χ0v) is 18.8. The minimum atomic E-state index is -0.721. The first kappa shape index (κ1) is 22.4. The van der Waals surface area contributed by atoms with Crippen molar-refractivity contribution in [2.45, 2.75) is 19.8 Å². The van der Waals surface area contributed by atoms with Crippen LogP contribution in [0, 0.1) is 12.9 Å². The van der Waals surface area contributed by atoms with Crippen LogP contribution in [0.2, 0.25) is 0 Å². The lowest BCUT2D eigenvalue weighted by Crippen LogP contribution is -2.09. The summed E-state index contributed by atoms with van der Waals surface area (Å²) in [5, 5.41) is 4.11. The molecule has 0 saturated heterocycles. The average Bonchev–Trinajstić information content (AvgIpc) is 2.82. The van der Waals surface area contributed by atoms with Gasteiger partial charge in [0.15, 0.2) is 5.82 Å². The largest absolute Gasteiger partial charge is 0.493 e. The standard InChI is InChI=1S/C23H19FN4O2.C2H7N/c1-12-11-26-23(29)16-6-4-15(10-17(12)16)20-22(25)28-21(24)19(27-20)14-5-7-18-13(9-14)3-2-8-30-18;1-3-2/h4-7,9-11H,2-3,8H2,1H3,(H2,25,28)(H,26,29);3H,1-2H3. The Bertz CT molecular complexity index is 1380. The van der Waals surface area contributed by atoms with Crippen molar-refractivity contribution >= 4 is 16.6 Å². The van der Waals surface area contributed by atoms with Crippen molar-refractivity contribution in [3.63, 3.8) is 0 Å². The number of aromatic amines is 1. The number of fused-ring (bicyclic) bond motifs is 2. The third-order valence-electron chi connectivity index (χ3n) is 5.44. The molecule has 1 aliphatic heterocycles. The van der Waals surface area contributed by atoms with E-state index in [1.165, 1.54) is 0 Å². The number of rotatable bonds is 2. The highest BCUT2D eigenvalue weighted by Crippen LogP contribution is 2.33. The smallest absolute Gasteiger partial charge is 0.255 e. The van der Waals surface area contributed by atoms with Gasteiger partial charge in [0.2, 0.25) is 5.95 Å². The average molecular weight is 448 g/mol. The number of nitrogen functional groups attached to an aromatic ring is 1. The molecule has 2 aromatic heterocycles. The number of pyridine rings is 1. The fourth-order valence-electron chi connectivity index (χ4n) is 3.88. The minimum absolute atomic E-state index is 0.000568. The van der Waals surface area contributed by atoms with E-state index in [1.54, 1.807) is 24.4 Å². The van der Waals surface area contributed by atoms with E-state index in [1.807, 2.05) is 39.2 Å². The summed E-state index contributed by atoms with van der Waals surface area (Å²) < 4.78 is 20.3. The van der Waals surface area contributed by atoms with E-state index >= 15 is 0 Å². The summed E-state index contributed by atoms with van der Waals surface area (Å²) in [7, 11) is 3.75. The van der Waals surface area contributed by atoms with Crippen LogP contribution in [0.5, 0.6) is 5.75 Å². The molecule has 0 atom stereocenters. The Morgan fingerprint density at radius 2 is 1.79 bits per heavy atom. The molecule has 0 fully saturated rings. The van der Waals surface area contributed by atoms with Gasteiger partial charge in [0.25, 0.3) is 5.56 Å². The zero-order chi connectivity index (χ0) is 23.5. The summed E-state index contributed by atoms with van der Waals surface area (Å²) in [5.74, 6) is 0.102. The van der Waals surface area contributed by atoms with E-state index in [0.29, 0.717) is 28.8 Å². The second kappa shape index (κ2) is 9.38. The van der Waals surface area contributed by atoms with E-state index in [9.17, 15) is 9.18 Å². The number of ether oxygens (including phenoxy) is 1. The number of hydrogen-bond acceptors (Lipinski definition) is 6. The van der Waals surface area contributed by atoms with Gasteiger partial charge in [-0.2, -0.15) is 9.37 Å². The third kappa shape index (κ3) is 4.42. The third-order valence-corrected chi connectivity index (χ3v) is 5.44. The molecule has 3 heterocycles. The highest BCUT2D eigenvalue weighted by atomic mass is 19.1. The number of benzene rings is 2. The van der Waals surface area contributed by atoms with Crippen LogP contribution in [0.1, 0.15) is 17.5 Å². The van der Waals surface area contributed by atoms with Gasteiger partial charge in [0.1, 0.15) is 17.1 Å². The van der Waals surface area contributed by atoms with E-state index in [-0.39, 0.29) is 17.1 Å². The summed E-state index contributed by atoms with van der Waals surface area (Å²) in [6.45, 7) is 2.60. The van der Waals surface area contributed by atoms with Crippen LogP contribution in [-0.4, -0.2) is 35.7 Å². The number of aromatic nitrogens is 3. The zero-order valence-electron chi connectivity index (χ0n) is 18.8. The monoisotopic (exact) mass is 447 g/mol. The van der Waals surface area contributed by atoms with Gasteiger partial charge >= 0.3 is 0 Å². The number of nitrogens with two attached hydrogens (primary N) is 1. The molecule has 0 bridgehead atoms. The highest BCUT2D eigenvalue weighted by Gasteiger charge is 2.18. The molecule has 0 aliphatic carbocycles. The van der Waals surface area contributed by atoms with Crippen LogP contribution in [0.15, 0.2) is 47.4 Å².